The Hall–Kier alpha value is -3.88. The van der Waals surface area contributed by atoms with Crippen LogP contribution in [0.4, 0.5) is 5.69 Å². The Labute approximate surface area is 210 Å². The van der Waals surface area contributed by atoms with Crippen molar-refractivity contribution in [3.63, 3.8) is 0 Å². The van der Waals surface area contributed by atoms with Crippen LogP contribution in [0.25, 0.3) is 0 Å². The fourth-order valence-corrected chi connectivity index (χ4v) is 3.71. The van der Waals surface area contributed by atoms with E-state index in [9.17, 15) is 14.4 Å². The second kappa shape index (κ2) is 12.7. The van der Waals surface area contributed by atoms with Gasteiger partial charge in [0.1, 0.15) is 5.75 Å². The van der Waals surface area contributed by atoms with Crippen LogP contribution >= 0.6 is 0 Å². The smallest absolute Gasteiger partial charge is 0.335 e. The molecule has 1 N–H and O–H groups in total. The third-order valence-electron chi connectivity index (χ3n) is 5.59. The first kappa shape index (κ1) is 26.7. The fraction of sp³-hybridized carbons (Fsp3) is 0.407. The van der Waals surface area contributed by atoms with Gasteiger partial charge in [0.2, 0.25) is 5.62 Å². The summed E-state index contributed by atoms with van der Waals surface area (Å²) in [4.78, 5) is 45.2. The quantitative estimate of drug-likeness (QED) is 0.411. The highest BCUT2D eigenvalue weighted by molar-refractivity contribution is 5.69. The molecule has 0 fully saturated rings. The van der Waals surface area contributed by atoms with Crippen LogP contribution in [0.15, 0.2) is 63.1 Å². The number of hydrogen-bond donors (Lipinski definition) is 1. The topological polar surface area (TPSA) is 108 Å². The van der Waals surface area contributed by atoms with Gasteiger partial charge in [-0.1, -0.05) is 43.2 Å². The maximum atomic E-state index is 13.4. The summed E-state index contributed by atoms with van der Waals surface area (Å²) >= 11 is 0. The van der Waals surface area contributed by atoms with Crippen molar-refractivity contribution < 1.29 is 14.3 Å². The van der Waals surface area contributed by atoms with Crippen molar-refractivity contribution in [3.05, 3.63) is 86.2 Å². The number of rotatable bonds is 11. The van der Waals surface area contributed by atoms with Crippen molar-refractivity contribution in [3.8, 4) is 5.75 Å². The summed E-state index contributed by atoms with van der Waals surface area (Å²) in [5.41, 5.74) is 1.44. The number of nitrogens with zero attached hydrogens (tertiary/aromatic N) is 3. The molecule has 3 aromatic rings. The number of carbonyl (C=O) groups excluding carboxylic acids is 1. The van der Waals surface area contributed by atoms with Crippen molar-refractivity contribution >= 4 is 11.7 Å². The molecule has 36 heavy (non-hydrogen) atoms. The minimum atomic E-state index is -0.642. The number of aromatic nitrogens is 3. The molecule has 0 unspecified atom stereocenters. The normalized spacial score (nSPS) is 12.4. The summed E-state index contributed by atoms with van der Waals surface area (Å²) < 4.78 is 13.2. The van der Waals surface area contributed by atoms with E-state index in [1.165, 1.54) is 4.57 Å². The third kappa shape index (κ3) is 7.31. The molecule has 0 bridgehead atoms. The molecule has 1 atom stereocenters. The summed E-state index contributed by atoms with van der Waals surface area (Å²) in [6, 6.07) is 14.9. The highest BCUT2D eigenvalue weighted by atomic mass is 16.5. The number of carbonyl (C=O) groups is 1. The lowest BCUT2D eigenvalue weighted by molar-refractivity contribution is -0.143. The van der Waals surface area contributed by atoms with Gasteiger partial charge in [-0.25, -0.2) is 19.1 Å². The molecule has 0 aliphatic rings. The van der Waals surface area contributed by atoms with Crippen molar-refractivity contribution in [2.24, 2.45) is 4.99 Å². The number of nitrogens with one attached hydrogen (secondary N) is 1. The minimum Gasteiger partial charge on any atom is -0.491 e. The van der Waals surface area contributed by atoms with E-state index in [1.54, 1.807) is 19.1 Å². The lowest BCUT2D eigenvalue weighted by Crippen LogP contribution is -2.50. The highest BCUT2D eigenvalue weighted by Gasteiger charge is 2.12. The molecule has 192 valence electrons. The SMILES string of the molecule is CCC[C@H](C)Oc1ccc(/N=c2\[nH]c(=O)n(CCC(=O)OCC)c(=O)n2Cc2ccc(C)cc2)cc1. The van der Waals surface area contributed by atoms with Crippen molar-refractivity contribution in [1.29, 1.82) is 0 Å². The third-order valence-corrected chi connectivity index (χ3v) is 5.59. The average molecular weight is 495 g/mol. The second-order valence-corrected chi connectivity index (χ2v) is 8.64. The molecular formula is C27H34N4O5. The first-order valence-electron chi connectivity index (χ1n) is 12.3. The standard InChI is InChI=1S/C27H34N4O5/c1-5-7-20(4)36-23-14-12-22(13-15-23)28-25-29-26(33)30(17-16-24(32)35-6-2)27(34)31(25)18-21-10-8-19(3)9-11-21/h8-15,20H,5-7,16-18H2,1-4H3,(H,28,29,33)/t20-/m0/s1. The average Bonchev–Trinajstić information content (AvgIpc) is 2.84. The van der Waals surface area contributed by atoms with Crippen LogP contribution in [-0.2, 0) is 22.6 Å². The Bertz CT molecular complexity index is 1330. The van der Waals surface area contributed by atoms with E-state index in [4.69, 9.17) is 9.47 Å². The zero-order valence-corrected chi connectivity index (χ0v) is 21.3. The van der Waals surface area contributed by atoms with Gasteiger partial charge in [0.05, 0.1) is 31.4 Å². The molecule has 0 aliphatic carbocycles. The molecule has 3 rings (SSSR count). The number of ether oxygens (including phenoxy) is 2. The molecule has 0 amide bonds. The minimum absolute atomic E-state index is 0.0875. The Morgan fingerprint density at radius 1 is 1.03 bits per heavy atom. The van der Waals surface area contributed by atoms with E-state index in [1.807, 2.05) is 50.2 Å². The number of aromatic amines is 1. The van der Waals surface area contributed by atoms with E-state index in [0.29, 0.717) is 5.69 Å². The lowest BCUT2D eigenvalue weighted by atomic mass is 10.1. The van der Waals surface area contributed by atoms with Gasteiger partial charge in [0.25, 0.3) is 0 Å². The maximum absolute atomic E-state index is 13.4. The summed E-state index contributed by atoms with van der Waals surface area (Å²) in [5.74, 6) is 0.253. The van der Waals surface area contributed by atoms with Gasteiger partial charge in [-0.15, -0.1) is 0 Å². The van der Waals surface area contributed by atoms with Gasteiger partial charge < -0.3 is 9.47 Å². The Morgan fingerprint density at radius 3 is 2.36 bits per heavy atom. The van der Waals surface area contributed by atoms with Gasteiger partial charge in [-0.3, -0.25) is 14.3 Å². The van der Waals surface area contributed by atoms with E-state index >= 15 is 0 Å². The van der Waals surface area contributed by atoms with Crippen molar-refractivity contribution in [1.82, 2.24) is 14.1 Å². The Morgan fingerprint density at radius 2 is 1.72 bits per heavy atom. The summed E-state index contributed by atoms with van der Waals surface area (Å²) in [6.45, 7) is 8.16. The summed E-state index contributed by atoms with van der Waals surface area (Å²) in [6.07, 6.45) is 2.01. The Balaban J connectivity index is 2.00. The number of H-pyrrole nitrogens is 1. The van der Waals surface area contributed by atoms with E-state index < -0.39 is 17.3 Å². The molecule has 1 aromatic heterocycles. The van der Waals surface area contributed by atoms with Crippen molar-refractivity contribution in [2.45, 2.75) is 66.2 Å². The Kier molecular flexibility index (Phi) is 9.44. The van der Waals surface area contributed by atoms with E-state index in [-0.39, 0.29) is 37.8 Å². The molecule has 2 aromatic carbocycles. The van der Waals surface area contributed by atoms with Crippen LogP contribution in [0.3, 0.4) is 0 Å². The molecule has 0 aliphatic heterocycles. The van der Waals surface area contributed by atoms with Gasteiger partial charge in [-0.05, 0) is 57.0 Å². The van der Waals surface area contributed by atoms with Gasteiger partial charge in [0.15, 0.2) is 0 Å². The van der Waals surface area contributed by atoms with Crippen molar-refractivity contribution in [2.75, 3.05) is 6.61 Å². The lowest BCUT2D eigenvalue weighted by Gasteiger charge is -2.13. The van der Waals surface area contributed by atoms with Crippen LogP contribution in [0.1, 0.15) is 51.2 Å². The van der Waals surface area contributed by atoms with Crippen LogP contribution in [0, 0.1) is 6.92 Å². The maximum Gasteiger partial charge on any atom is 0.335 e. The van der Waals surface area contributed by atoms with Crippen LogP contribution in [0.2, 0.25) is 0 Å². The van der Waals surface area contributed by atoms with Crippen LogP contribution in [-0.4, -0.2) is 32.8 Å². The molecule has 1 heterocycles. The number of hydrogen-bond acceptors (Lipinski definition) is 6. The molecule has 0 radical (unpaired) electrons. The van der Waals surface area contributed by atoms with Crippen LogP contribution < -0.4 is 21.7 Å². The number of aryl methyl sites for hydroxylation is 1. The highest BCUT2D eigenvalue weighted by Crippen LogP contribution is 2.19. The van der Waals surface area contributed by atoms with Gasteiger partial charge >= 0.3 is 17.3 Å². The number of esters is 1. The number of benzene rings is 2. The first-order valence-corrected chi connectivity index (χ1v) is 12.3. The van der Waals surface area contributed by atoms with Gasteiger partial charge in [0, 0.05) is 6.54 Å². The second-order valence-electron chi connectivity index (χ2n) is 8.64. The molecule has 0 saturated carbocycles. The van der Waals surface area contributed by atoms with E-state index in [2.05, 4.69) is 16.9 Å². The van der Waals surface area contributed by atoms with E-state index in [0.717, 1.165) is 34.3 Å². The monoisotopic (exact) mass is 494 g/mol. The first-order chi connectivity index (χ1) is 17.3. The molecule has 0 spiro atoms. The zero-order chi connectivity index (χ0) is 26.1. The molecule has 9 heteroatoms. The molecule has 9 nitrogen and oxygen atoms in total. The van der Waals surface area contributed by atoms with Crippen LogP contribution in [0.5, 0.6) is 5.75 Å². The largest absolute Gasteiger partial charge is 0.491 e. The molecule has 0 saturated heterocycles. The predicted molar refractivity (Wildman–Crippen MR) is 138 cm³/mol. The fourth-order valence-electron chi connectivity index (χ4n) is 3.71. The zero-order valence-electron chi connectivity index (χ0n) is 21.3. The molecular weight excluding hydrogens is 460 g/mol. The summed E-state index contributed by atoms with van der Waals surface area (Å²) in [5, 5.41) is 0. The predicted octanol–water partition coefficient (Wildman–Crippen LogP) is 3.45. The van der Waals surface area contributed by atoms with Gasteiger partial charge in [-0.2, -0.15) is 0 Å². The summed E-state index contributed by atoms with van der Waals surface area (Å²) in [7, 11) is 0.